The highest BCUT2D eigenvalue weighted by atomic mass is 35.5. The molecule has 0 radical (unpaired) electrons. The molecule has 1 N–H and O–H groups in total. The van der Waals surface area contributed by atoms with Gasteiger partial charge >= 0.3 is 0 Å². The number of aromatic nitrogens is 2. The molecule has 136 valence electrons. The molecule has 0 aliphatic carbocycles. The molecule has 2 heterocycles. The van der Waals surface area contributed by atoms with Crippen LogP contribution in [0.5, 0.6) is 0 Å². The lowest BCUT2D eigenvalue weighted by Crippen LogP contribution is -2.36. The van der Waals surface area contributed by atoms with Crippen LogP contribution in [-0.2, 0) is 21.8 Å². The van der Waals surface area contributed by atoms with Crippen LogP contribution in [0.4, 0.5) is 11.4 Å². The second kappa shape index (κ2) is 6.86. The summed E-state index contributed by atoms with van der Waals surface area (Å²) in [5.41, 5.74) is 2.29. The third kappa shape index (κ3) is 3.61. The van der Waals surface area contributed by atoms with E-state index >= 15 is 0 Å². The quantitative estimate of drug-likeness (QED) is 0.875. The van der Waals surface area contributed by atoms with Crippen molar-refractivity contribution in [3.05, 3.63) is 34.6 Å². The van der Waals surface area contributed by atoms with Crippen molar-refractivity contribution < 1.29 is 13.2 Å². The van der Waals surface area contributed by atoms with E-state index < -0.39 is 10.0 Å². The third-order valence-corrected chi connectivity index (χ3v) is 6.12. The van der Waals surface area contributed by atoms with Gasteiger partial charge in [-0.2, -0.15) is 5.10 Å². The van der Waals surface area contributed by atoms with Crippen molar-refractivity contribution in [2.24, 2.45) is 7.05 Å². The lowest BCUT2D eigenvalue weighted by Gasteiger charge is -2.30. The van der Waals surface area contributed by atoms with Gasteiger partial charge in [-0.3, -0.25) is 9.40 Å². The predicted octanol–water partition coefficient (Wildman–Crippen LogP) is 2.33. The Kier molecular flexibility index (Phi) is 4.95. The number of morpholine rings is 1. The molecule has 2 aromatic rings. The fraction of sp³-hybridized carbons (Fsp3) is 0.438. The zero-order chi connectivity index (χ0) is 18.2. The van der Waals surface area contributed by atoms with Gasteiger partial charge in [0.2, 0.25) is 0 Å². The van der Waals surface area contributed by atoms with Crippen LogP contribution in [0.15, 0.2) is 23.1 Å². The molecule has 1 aromatic heterocycles. The highest BCUT2D eigenvalue weighted by molar-refractivity contribution is 7.92. The molecule has 1 saturated heterocycles. The number of rotatable bonds is 4. The number of nitrogens with one attached hydrogen (secondary N) is 1. The van der Waals surface area contributed by atoms with Crippen molar-refractivity contribution >= 4 is 33.0 Å². The minimum absolute atomic E-state index is 0.197. The first-order chi connectivity index (χ1) is 11.8. The molecule has 7 nitrogen and oxygen atoms in total. The van der Waals surface area contributed by atoms with Gasteiger partial charge in [0.15, 0.2) is 0 Å². The minimum Gasteiger partial charge on any atom is -0.378 e. The topological polar surface area (TPSA) is 76.5 Å². The average molecular weight is 385 g/mol. The first-order valence-electron chi connectivity index (χ1n) is 7.95. The summed E-state index contributed by atoms with van der Waals surface area (Å²) in [5, 5.41) is 4.66. The molecular formula is C16H21ClN4O3S. The molecule has 0 bridgehead atoms. The smallest absolute Gasteiger partial charge is 0.265 e. The summed E-state index contributed by atoms with van der Waals surface area (Å²) >= 11 is 6.10. The Balaban J connectivity index is 2.00. The largest absolute Gasteiger partial charge is 0.378 e. The molecule has 25 heavy (non-hydrogen) atoms. The van der Waals surface area contributed by atoms with Gasteiger partial charge in [0.05, 0.1) is 36.0 Å². The van der Waals surface area contributed by atoms with Crippen LogP contribution in [0, 0.1) is 13.8 Å². The lowest BCUT2D eigenvalue weighted by molar-refractivity contribution is 0.123. The maximum Gasteiger partial charge on any atom is 0.265 e. The van der Waals surface area contributed by atoms with Gasteiger partial charge in [-0.1, -0.05) is 11.6 Å². The van der Waals surface area contributed by atoms with Crippen molar-refractivity contribution in [3.8, 4) is 0 Å². The molecule has 0 atom stereocenters. The summed E-state index contributed by atoms with van der Waals surface area (Å²) in [6.07, 6.45) is 0. The number of hydrogen-bond donors (Lipinski definition) is 1. The van der Waals surface area contributed by atoms with Gasteiger partial charge < -0.3 is 9.64 Å². The number of anilines is 2. The van der Waals surface area contributed by atoms with E-state index in [9.17, 15) is 8.42 Å². The summed E-state index contributed by atoms with van der Waals surface area (Å²) < 4.78 is 35.5. The van der Waals surface area contributed by atoms with Crippen LogP contribution in [-0.4, -0.2) is 44.5 Å². The molecule has 1 aliphatic heterocycles. The molecule has 9 heteroatoms. The average Bonchev–Trinajstić information content (AvgIpc) is 2.81. The van der Waals surface area contributed by atoms with E-state index in [0.717, 1.165) is 5.69 Å². The van der Waals surface area contributed by atoms with Crippen LogP contribution >= 0.6 is 11.6 Å². The molecule has 0 spiro atoms. The van der Waals surface area contributed by atoms with E-state index in [0.29, 0.717) is 48.4 Å². The van der Waals surface area contributed by atoms with Gasteiger partial charge in [0, 0.05) is 25.2 Å². The molecular weight excluding hydrogens is 364 g/mol. The number of halogens is 1. The van der Waals surface area contributed by atoms with Crippen molar-refractivity contribution in [2.75, 3.05) is 35.9 Å². The fourth-order valence-corrected chi connectivity index (χ4v) is 4.69. The van der Waals surface area contributed by atoms with E-state index in [-0.39, 0.29) is 4.90 Å². The number of aryl methyl sites for hydroxylation is 2. The molecule has 0 unspecified atom stereocenters. The molecule has 0 saturated carbocycles. The Bertz CT molecular complexity index is 889. The van der Waals surface area contributed by atoms with Crippen LogP contribution < -0.4 is 9.62 Å². The van der Waals surface area contributed by atoms with Gasteiger partial charge in [-0.15, -0.1) is 0 Å². The number of benzene rings is 1. The summed E-state index contributed by atoms with van der Waals surface area (Å²) in [6.45, 7) is 6.02. The van der Waals surface area contributed by atoms with E-state index in [1.807, 2.05) is 6.07 Å². The van der Waals surface area contributed by atoms with Crippen molar-refractivity contribution in [2.45, 2.75) is 18.7 Å². The van der Waals surface area contributed by atoms with Crippen molar-refractivity contribution in [3.63, 3.8) is 0 Å². The Morgan fingerprint density at radius 3 is 2.52 bits per heavy atom. The predicted molar refractivity (Wildman–Crippen MR) is 98.0 cm³/mol. The van der Waals surface area contributed by atoms with Crippen molar-refractivity contribution in [1.29, 1.82) is 0 Å². The van der Waals surface area contributed by atoms with Gasteiger partial charge in [0.25, 0.3) is 10.0 Å². The number of nitrogens with zero attached hydrogens (tertiary/aromatic N) is 3. The Labute approximate surface area is 152 Å². The van der Waals surface area contributed by atoms with Gasteiger partial charge in [-0.25, -0.2) is 8.42 Å². The van der Waals surface area contributed by atoms with Gasteiger partial charge in [0.1, 0.15) is 4.90 Å². The SMILES string of the molecule is Cc1nn(C)c(C)c1S(=O)(=O)Nc1cc(Cl)ccc1N1CCOCC1. The second-order valence-electron chi connectivity index (χ2n) is 5.99. The summed E-state index contributed by atoms with van der Waals surface area (Å²) in [7, 11) is -2.06. The molecule has 1 aromatic carbocycles. The highest BCUT2D eigenvalue weighted by Gasteiger charge is 2.26. The Morgan fingerprint density at radius 2 is 1.92 bits per heavy atom. The summed E-state index contributed by atoms with van der Waals surface area (Å²) in [6, 6.07) is 5.21. The first kappa shape index (κ1) is 18.0. The normalized spacial score (nSPS) is 15.4. The summed E-state index contributed by atoms with van der Waals surface area (Å²) in [4.78, 5) is 2.28. The first-order valence-corrected chi connectivity index (χ1v) is 9.81. The Morgan fingerprint density at radius 1 is 1.24 bits per heavy atom. The van der Waals surface area contributed by atoms with Gasteiger partial charge in [-0.05, 0) is 32.0 Å². The maximum atomic E-state index is 13.0. The molecule has 1 fully saturated rings. The fourth-order valence-electron chi connectivity index (χ4n) is 3.01. The molecule has 0 amide bonds. The van der Waals surface area contributed by atoms with Crippen LogP contribution in [0.3, 0.4) is 0 Å². The number of ether oxygens (including phenoxy) is 1. The number of hydrogen-bond acceptors (Lipinski definition) is 5. The van der Waals surface area contributed by atoms with E-state index in [1.165, 1.54) is 0 Å². The summed E-state index contributed by atoms with van der Waals surface area (Å²) in [5.74, 6) is 0. The van der Waals surface area contributed by atoms with E-state index in [2.05, 4.69) is 14.7 Å². The number of sulfonamides is 1. The van der Waals surface area contributed by atoms with E-state index in [1.54, 1.807) is 37.7 Å². The molecule has 1 aliphatic rings. The van der Waals surface area contributed by atoms with Crippen molar-refractivity contribution in [1.82, 2.24) is 9.78 Å². The molecule has 3 rings (SSSR count). The second-order valence-corrected chi connectivity index (χ2v) is 8.05. The Hall–Kier alpha value is -1.77. The minimum atomic E-state index is -3.78. The zero-order valence-corrected chi connectivity index (χ0v) is 16.0. The maximum absolute atomic E-state index is 13.0. The monoisotopic (exact) mass is 384 g/mol. The third-order valence-electron chi connectivity index (χ3n) is 4.27. The van der Waals surface area contributed by atoms with Crippen LogP contribution in [0.2, 0.25) is 5.02 Å². The van der Waals surface area contributed by atoms with Crippen LogP contribution in [0.1, 0.15) is 11.4 Å². The van der Waals surface area contributed by atoms with E-state index in [4.69, 9.17) is 16.3 Å². The highest BCUT2D eigenvalue weighted by Crippen LogP contribution is 2.32. The zero-order valence-electron chi connectivity index (χ0n) is 14.4. The van der Waals surface area contributed by atoms with Crippen LogP contribution in [0.25, 0.3) is 0 Å². The standard InChI is InChI=1S/C16H21ClN4O3S/c1-11-16(12(2)20(3)18-11)25(22,23)19-14-10-13(17)4-5-15(14)21-6-8-24-9-7-21/h4-5,10,19H,6-9H2,1-3H3. The lowest BCUT2D eigenvalue weighted by atomic mass is 10.2.